The minimum atomic E-state index is -0.223. The van der Waals surface area contributed by atoms with Gasteiger partial charge in [0.25, 0.3) is 0 Å². The Morgan fingerprint density at radius 3 is 2.29 bits per heavy atom. The van der Waals surface area contributed by atoms with Crippen molar-refractivity contribution in [3.8, 4) is 0 Å². The first kappa shape index (κ1) is 16.9. The fraction of sp³-hybridized carbons (Fsp3) is 0.261. The first-order valence-corrected chi connectivity index (χ1v) is 9.62. The van der Waals surface area contributed by atoms with Gasteiger partial charge in [-0.1, -0.05) is 48.6 Å². The maximum atomic E-state index is 12.9. The smallest absolute Gasteiger partial charge is 0.238 e. The third-order valence-corrected chi connectivity index (χ3v) is 6.07. The SMILES string of the molecule is O=C(Cc1ccccc1)Nc1cccc(N2C(=O)C3C4C=CC(C4)C3C2=O)c1. The van der Waals surface area contributed by atoms with Gasteiger partial charge in [-0.05, 0) is 42.0 Å². The van der Waals surface area contributed by atoms with E-state index >= 15 is 0 Å². The fourth-order valence-electron chi connectivity index (χ4n) is 4.87. The van der Waals surface area contributed by atoms with Crippen LogP contribution in [0.15, 0.2) is 66.7 Å². The van der Waals surface area contributed by atoms with E-state index < -0.39 is 0 Å². The second-order valence-electron chi connectivity index (χ2n) is 7.77. The summed E-state index contributed by atoms with van der Waals surface area (Å²) in [5.74, 6) is -0.436. The number of rotatable bonds is 4. The molecule has 3 aliphatic rings. The molecule has 5 rings (SSSR count). The van der Waals surface area contributed by atoms with Gasteiger partial charge in [0, 0.05) is 5.69 Å². The lowest BCUT2D eigenvalue weighted by atomic mass is 9.85. The lowest BCUT2D eigenvalue weighted by Crippen LogP contribution is -2.32. The number of hydrogen-bond acceptors (Lipinski definition) is 3. The maximum Gasteiger partial charge on any atom is 0.238 e. The summed E-state index contributed by atoms with van der Waals surface area (Å²) in [7, 11) is 0. The summed E-state index contributed by atoms with van der Waals surface area (Å²) in [6.45, 7) is 0. The molecule has 2 aromatic carbocycles. The number of allylic oxidation sites excluding steroid dienone is 2. The van der Waals surface area contributed by atoms with Gasteiger partial charge in [0.1, 0.15) is 0 Å². The summed E-state index contributed by atoms with van der Waals surface area (Å²) < 4.78 is 0. The first-order chi connectivity index (χ1) is 13.6. The Bertz CT molecular complexity index is 968. The molecule has 1 N–H and O–H groups in total. The minimum Gasteiger partial charge on any atom is -0.326 e. The standard InChI is InChI=1S/C23H20N2O3/c26-19(11-14-5-2-1-3-6-14)24-17-7-4-8-18(13-17)25-22(27)20-15-9-10-16(12-15)21(20)23(25)28/h1-10,13,15-16,20-21H,11-12H2,(H,24,26). The summed E-state index contributed by atoms with van der Waals surface area (Å²) >= 11 is 0. The van der Waals surface area contributed by atoms with E-state index in [1.165, 1.54) is 4.90 Å². The number of carbonyl (C=O) groups excluding carboxylic acids is 3. The Labute approximate surface area is 163 Å². The van der Waals surface area contributed by atoms with Gasteiger partial charge in [-0.2, -0.15) is 0 Å². The average Bonchev–Trinajstić information content (AvgIpc) is 3.36. The van der Waals surface area contributed by atoms with Crippen molar-refractivity contribution >= 4 is 29.1 Å². The van der Waals surface area contributed by atoms with Gasteiger partial charge in [-0.25, -0.2) is 4.90 Å². The molecule has 28 heavy (non-hydrogen) atoms. The highest BCUT2D eigenvalue weighted by Gasteiger charge is 2.59. The molecule has 4 atom stereocenters. The van der Waals surface area contributed by atoms with Crippen LogP contribution in [0.3, 0.4) is 0 Å². The molecule has 3 amide bonds. The van der Waals surface area contributed by atoms with Crippen LogP contribution in [-0.4, -0.2) is 17.7 Å². The van der Waals surface area contributed by atoms with Gasteiger partial charge in [0.2, 0.25) is 17.7 Å². The van der Waals surface area contributed by atoms with Gasteiger partial charge in [0.05, 0.1) is 23.9 Å². The highest BCUT2D eigenvalue weighted by molar-refractivity contribution is 6.23. The van der Waals surface area contributed by atoms with Crippen LogP contribution in [0.2, 0.25) is 0 Å². The van der Waals surface area contributed by atoms with Crippen molar-refractivity contribution in [2.75, 3.05) is 10.2 Å². The fourth-order valence-corrected chi connectivity index (χ4v) is 4.87. The summed E-state index contributed by atoms with van der Waals surface area (Å²) in [6.07, 6.45) is 5.35. The van der Waals surface area contributed by atoms with Crippen molar-refractivity contribution in [2.24, 2.45) is 23.7 Å². The molecule has 1 aliphatic heterocycles. The van der Waals surface area contributed by atoms with Crippen molar-refractivity contribution in [3.63, 3.8) is 0 Å². The highest BCUT2D eigenvalue weighted by Crippen LogP contribution is 2.53. The monoisotopic (exact) mass is 372 g/mol. The third kappa shape index (κ3) is 2.66. The second-order valence-corrected chi connectivity index (χ2v) is 7.77. The van der Waals surface area contributed by atoms with Crippen molar-refractivity contribution in [3.05, 3.63) is 72.3 Å². The molecule has 0 aromatic heterocycles. The van der Waals surface area contributed by atoms with Gasteiger partial charge >= 0.3 is 0 Å². The van der Waals surface area contributed by atoms with Gasteiger partial charge in [-0.3, -0.25) is 14.4 Å². The zero-order chi connectivity index (χ0) is 19.3. The normalized spacial score (nSPS) is 27.4. The number of nitrogens with zero attached hydrogens (tertiary/aromatic N) is 1. The van der Waals surface area contributed by atoms with Crippen LogP contribution in [0.25, 0.3) is 0 Å². The molecular formula is C23H20N2O3. The van der Waals surface area contributed by atoms with Crippen molar-refractivity contribution in [1.29, 1.82) is 0 Å². The number of amides is 3. The molecule has 140 valence electrons. The molecule has 1 saturated carbocycles. The molecule has 1 heterocycles. The molecule has 2 fully saturated rings. The lowest BCUT2D eigenvalue weighted by molar-refractivity contribution is -0.123. The van der Waals surface area contributed by atoms with Crippen LogP contribution >= 0.6 is 0 Å². The maximum absolute atomic E-state index is 12.9. The van der Waals surface area contributed by atoms with E-state index in [0.717, 1.165) is 12.0 Å². The Hall–Kier alpha value is -3.21. The number of imide groups is 1. The summed E-state index contributed by atoms with van der Waals surface area (Å²) in [5.41, 5.74) is 2.04. The Morgan fingerprint density at radius 1 is 0.929 bits per heavy atom. The third-order valence-electron chi connectivity index (χ3n) is 6.07. The van der Waals surface area contributed by atoms with E-state index in [0.29, 0.717) is 11.4 Å². The predicted octanol–water partition coefficient (Wildman–Crippen LogP) is 3.18. The molecule has 4 unspecified atom stereocenters. The van der Waals surface area contributed by atoms with E-state index in [-0.39, 0.29) is 47.8 Å². The Balaban J connectivity index is 1.34. The average molecular weight is 372 g/mol. The van der Waals surface area contributed by atoms with Crippen LogP contribution in [0.1, 0.15) is 12.0 Å². The molecular weight excluding hydrogens is 352 g/mol. The lowest BCUT2D eigenvalue weighted by Gasteiger charge is -2.18. The summed E-state index contributed by atoms with van der Waals surface area (Å²) in [5, 5.41) is 2.86. The number of hydrogen-bond donors (Lipinski definition) is 1. The molecule has 2 bridgehead atoms. The quantitative estimate of drug-likeness (QED) is 0.662. The Kier molecular flexibility index (Phi) is 3.90. The van der Waals surface area contributed by atoms with Crippen molar-refractivity contribution < 1.29 is 14.4 Å². The van der Waals surface area contributed by atoms with Crippen LogP contribution in [-0.2, 0) is 20.8 Å². The molecule has 2 aromatic rings. The number of anilines is 2. The minimum absolute atomic E-state index is 0.111. The van der Waals surface area contributed by atoms with Crippen LogP contribution in [0.4, 0.5) is 11.4 Å². The molecule has 0 radical (unpaired) electrons. The molecule has 1 saturated heterocycles. The highest BCUT2D eigenvalue weighted by atomic mass is 16.2. The van der Waals surface area contributed by atoms with Crippen LogP contribution < -0.4 is 10.2 Å². The number of fused-ring (bicyclic) bond motifs is 5. The predicted molar refractivity (Wildman–Crippen MR) is 105 cm³/mol. The topological polar surface area (TPSA) is 66.5 Å². The van der Waals surface area contributed by atoms with E-state index in [1.54, 1.807) is 24.3 Å². The molecule has 2 aliphatic carbocycles. The zero-order valence-electron chi connectivity index (χ0n) is 15.2. The van der Waals surface area contributed by atoms with Gasteiger partial charge < -0.3 is 5.32 Å². The van der Waals surface area contributed by atoms with E-state index in [2.05, 4.69) is 17.5 Å². The van der Waals surface area contributed by atoms with Gasteiger partial charge in [-0.15, -0.1) is 0 Å². The number of benzene rings is 2. The van der Waals surface area contributed by atoms with E-state index in [1.807, 2.05) is 30.3 Å². The Morgan fingerprint density at radius 2 is 1.61 bits per heavy atom. The zero-order valence-corrected chi connectivity index (χ0v) is 15.2. The molecule has 0 spiro atoms. The number of nitrogens with one attached hydrogen (secondary N) is 1. The first-order valence-electron chi connectivity index (χ1n) is 9.62. The molecule has 5 heteroatoms. The van der Waals surface area contributed by atoms with Crippen LogP contribution in [0.5, 0.6) is 0 Å². The second kappa shape index (κ2) is 6.44. The van der Waals surface area contributed by atoms with Crippen molar-refractivity contribution in [2.45, 2.75) is 12.8 Å². The molecule has 5 nitrogen and oxygen atoms in total. The van der Waals surface area contributed by atoms with Gasteiger partial charge in [0.15, 0.2) is 0 Å². The van der Waals surface area contributed by atoms with Crippen LogP contribution in [0, 0.1) is 23.7 Å². The van der Waals surface area contributed by atoms with Crippen molar-refractivity contribution in [1.82, 2.24) is 0 Å². The van der Waals surface area contributed by atoms with E-state index in [9.17, 15) is 14.4 Å². The summed E-state index contributed by atoms with van der Waals surface area (Å²) in [6, 6.07) is 16.5. The largest absolute Gasteiger partial charge is 0.326 e. The number of carbonyl (C=O) groups is 3. The summed E-state index contributed by atoms with van der Waals surface area (Å²) in [4.78, 5) is 39.5. The van der Waals surface area contributed by atoms with E-state index in [4.69, 9.17) is 0 Å².